The molecule has 2 aromatic rings. The largest absolute Gasteiger partial charge is 0.352 e. The number of nitrogens with one attached hydrogen (secondary N) is 1. The maximum absolute atomic E-state index is 12.3. The van der Waals surface area contributed by atoms with E-state index in [1.807, 2.05) is 7.05 Å². The molecule has 7 nitrogen and oxygen atoms in total. The number of rotatable bonds is 3. The van der Waals surface area contributed by atoms with Crippen LogP contribution in [-0.2, 0) is 19.0 Å². The number of aliphatic imine (C=N–C) groups is 1. The van der Waals surface area contributed by atoms with Gasteiger partial charge in [-0.3, -0.25) is 9.79 Å². The van der Waals surface area contributed by atoms with Gasteiger partial charge >= 0.3 is 0 Å². The number of benzene rings is 1. The van der Waals surface area contributed by atoms with Crippen LogP contribution < -0.4 is 15.8 Å². The zero-order valence-electron chi connectivity index (χ0n) is 18.6. The van der Waals surface area contributed by atoms with Crippen molar-refractivity contribution in [2.24, 2.45) is 12.0 Å². The van der Waals surface area contributed by atoms with Crippen LogP contribution in [0, 0.1) is 0 Å². The summed E-state index contributed by atoms with van der Waals surface area (Å²) in [5, 5.41) is 3.46. The molecule has 1 aliphatic rings. The zero-order valence-corrected chi connectivity index (χ0v) is 20.9. The monoisotopic (exact) mass is 524 g/mol. The minimum Gasteiger partial charge on any atom is -0.352 e. The van der Waals surface area contributed by atoms with E-state index < -0.39 is 0 Å². The van der Waals surface area contributed by atoms with E-state index in [0.717, 1.165) is 38.7 Å². The molecular weight excluding hydrogens is 491 g/mol. The minimum absolute atomic E-state index is 0. The molecule has 3 rings (SSSR count). The summed E-state index contributed by atoms with van der Waals surface area (Å²) in [6, 6.07) is 8.75. The molecule has 164 valence electrons. The standard InChI is InChI=1S/C22H32N6O.HI/c1-22(2,3)18-8-6-17(7-9-18)16-25-21(23-4)28-14-12-27(13-15-28)19-20(29)26(5)11-10-24-19;/h6-11H,12-16H2,1-5H3,(H,23,25);1H. The number of aromatic nitrogens is 2. The van der Waals surface area contributed by atoms with Crippen LogP contribution in [0.1, 0.15) is 31.9 Å². The summed E-state index contributed by atoms with van der Waals surface area (Å²) < 4.78 is 1.57. The van der Waals surface area contributed by atoms with Crippen molar-refractivity contribution in [3.05, 3.63) is 58.1 Å². The van der Waals surface area contributed by atoms with E-state index in [1.165, 1.54) is 11.1 Å². The lowest BCUT2D eigenvalue weighted by Gasteiger charge is -2.36. The molecule has 0 atom stereocenters. The molecule has 0 radical (unpaired) electrons. The predicted octanol–water partition coefficient (Wildman–Crippen LogP) is 2.59. The highest BCUT2D eigenvalue weighted by molar-refractivity contribution is 14.0. The zero-order chi connectivity index (χ0) is 21.0. The van der Waals surface area contributed by atoms with E-state index in [1.54, 1.807) is 24.0 Å². The van der Waals surface area contributed by atoms with Gasteiger partial charge in [0.25, 0.3) is 5.56 Å². The third-order valence-corrected chi connectivity index (χ3v) is 5.36. The van der Waals surface area contributed by atoms with Gasteiger partial charge in [-0.1, -0.05) is 45.0 Å². The van der Waals surface area contributed by atoms with Crippen molar-refractivity contribution >= 4 is 35.8 Å². The lowest BCUT2D eigenvalue weighted by atomic mass is 9.87. The minimum atomic E-state index is -0.0536. The van der Waals surface area contributed by atoms with Gasteiger partial charge in [0.1, 0.15) is 0 Å². The van der Waals surface area contributed by atoms with Gasteiger partial charge in [0, 0.05) is 59.2 Å². The Kier molecular flexibility index (Phi) is 8.28. The van der Waals surface area contributed by atoms with Crippen LogP contribution in [0.2, 0.25) is 0 Å². The molecule has 0 amide bonds. The summed E-state index contributed by atoms with van der Waals surface area (Å²) in [4.78, 5) is 25.3. The van der Waals surface area contributed by atoms with Crippen molar-refractivity contribution in [2.45, 2.75) is 32.7 Å². The van der Waals surface area contributed by atoms with Gasteiger partial charge < -0.3 is 19.7 Å². The van der Waals surface area contributed by atoms with Crippen LogP contribution in [0.3, 0.4) is 0 Å². The molecule has 30 heavy (non-hydrogen) atoms. The molecule has 2 heterocycles. The van der Waals surface area contributed by atoms with E-state index in [9.17, 15) is 4.79 Å². The molecule has 1 aromatic carbocycles. The Morgan fingerprint density at radius 3 is 2.33 bits per heavy atom. The van der Waals surface area contributed by atoms with Gasteiger partial charge in [-0.05, 0) is 16.5 Å². The number of aryl methyl sites for hydroxylation is 1. The molecule has 0 saturated carbocycles. The molecule has 0 unspecified atom stereocenters. The molecule has 1 fully saturated rings. The maximum atomic E-state index is 12.3. The Morgan fingerprint density at radius 1 is 1.13 bits per heavy atom. The van der Waals surface area contributed by atoms with E-state index in [-0.39, 0.29) is 35.0 Å². The van der Waals surface area contributed by atoms with Crippen LogP contribution in [-0.4, -0.2) is 53.6 Å². The fourth-order valence-electron chi connectivity index (χ4n) is 3.47. The van der Waals surface area contributed by atoms with Crippen molar-refractivity contribution < 1.29 is 0 Å². The fraction of sp³-hybridized carbons (Fsp3) is 0.500. The SMILES string of the molecule is CN=C(NCc1ccc(C(C)(C)C)cc1)N1CCN(c2nccn(C)c2=O)CC1.I. The topological polar surface area (TPSA) is 65.8 Å². The molecule has 0 aliphatic carbocycles. The van der Waals surface area contributed by atoms with Crippen molar-refractivity contribution in [3.8, 4) is 0 Å². The second kappa shape index (κ2) is 10.3. The average Bonchev–Trinajstić information content (AvgIpc) is 2.71. The first-order valence-corrected chi connectivity index (χ1v) is 10.1. The third kappa shape index (κ3) is 5.74. The molecule has 8 heteroatoms. The Hall–Kier alpha value is -2.10. The average molecular weight is 524 g/mol. The lowest BCUT2D eigenvalue weighted by molar-refractivity contribution is 0.370. The fourth-order valence-corrected chi connectivity index (χ4v) is 3.47. The Balaban J connectivity index is 0.00000320. The Morgan fingerprint density at radius 2 is 1.77 bits per heavy atom. The number of halogens is 1. The van der Waals surface area contributed by atoms with E-state index >= 15 is 0 Å². The van der Waals surface area contributed by atoms with Gasteiger partial charge in [0.2, 0.25) is 0 Å². The Bertz CT molecular complexity index is 908. The maximum Gasteiger partial charge on any atom is 0.293 e. The summed E-state index contributed by atoms with van der Waals surface area (Å²) in [7, 11) is 3.56. The summed E-state index contributed by atoms with van der Waals surface area (Å²) in [5.74, 6) is 1.41. The number of hydrogen-bond donors (Lipinski definition) is 1. The number of hydrogen-bond acceptors (Lipinski definition) is 4. The van der Waals surface area contributed by atoms with Crippen molar-refractivity contribution in [1.82, 2.24) is 19.8 Å². The molecule has 0 bridgehead atoms. The molecule has 1 aromatic heterocycles. The molecule has 0 spiro atoms. The van der Waals surface area contributed by atoms with Gasteiger partial charge in [-0.15, -0.1) is 24.0 Å². The van der Waals surface area contributed by atoms with Crippen molar-refractivity contribution in [2.75, 3.05) is 38.1 Å². The van der Waals surface area contributed by atoms with Gasteiger partial charge in [0.05, 0.1) is 0 Å². The van der Waals surface area contributed by atoms with Crippen molar-refractivity contribution in [1.29, 1.82) is 0 Å². The van der Waals surface area contributed by atoms with Gasteiger partial charge in [-0.2, -0.15) is 0 Å². The van der Waals surface area contributed by atoms with Crippen LogP contribution in [0.25, 0.3) is 0 Å². The number of anilines is 1. The quantitative estimate of drug-likeness (QED) is 0.380. The second-order valence-electron chi connectivity index (χ2n) is 8.49. The first-order valence-electron chi connectivity index (χ1n) is 10.1. The lowest BCUT2D eigenvalue weighted by Crippen LogP contribution is -2.53. The molecule has 1 saturated heterocycles. The Labute approximate surface area is 196 Å². The van der Waals surface area contributed by atoms with E-state index in [4.69, 9.17) is 0 Å². The third-order valence-electron chi connectivity index (χ3n) is 5.36. The molecule has 1 N–H and O–H groups in total. The number of piperazine rings is 1. The highest BCUT2D eigenvalue weighted by Gasteiger charge is 2.22. The van der Waals surface area contributed by atoms with Crippen LogP contribution >= 0.6 is 24.0 Å². The summed E-state index contributed by atoms with van der Waals surface area (Å²) in [6.07, 6.45) is 3.36. The second-order valence-corrected chi connectivity index (χ2v) is 8.49. The number of guanidine groups is 1. The predicted molar refractivity (Wildman–Crippen MR) is 134 cm³/mol. The van der Waals surface area contributed by atoms with Crippen LogP contribution in [0.15, 0.2) is 46.4 Å². The highest BCUT2D eigenvalue weighted by Crippen LogP contribution is 2.22. The van der Waals surface area contributed by atoms with Crippen LogP contribution in [0.4, 0.5) is 5.82 Å². The summed E-state index contributed by atoms with van der Waals surface area (Å²) >= 11 is 0. The first kappa shape index (κ1) is 24.2. The van der Waals surface area contributed by atoms with Gasteiger partial charge in [0.15, 0.2) is 11.8 Å². The summed E-state index contributed by atoms with van der Waals surface area (Å²) in [6.45, 7) is 10.5. The molecule has 1 aliphatic heterocycles. The van der Waals surface area contributed by atoms with E-state index in [0.29, 0.717) is 5.82 Å². The van der Waals surface area contributed by atoms with E-state index in [2.05, 4.69) is 70.1 Å². The normalized spacial score (nSPS) is 15.0. The van der Waals surface area contributed by atoms with Gasteiger partial charge in [-0.25, -0.2) is 4.98 Å². The number of nitrogens with zero attached hydrogens (tertiary/aromatic N) is 5. The smallest absolute Gasteiger partial charge is 0.293 e. The highest BCUT2D eigenvalue weighted by atomic mass is 127. The van der Waals surface area contributed by atoms with Crippen molar-refractivity contribution in [3.63, 3.8) is 0 Å². The summed E-state index contributed by atoms with van der Waals surface area (Å²) in [5.41, 5.74) is 2.68. The first-order chi connectivity index (χ1) is 13.8. The van der Waals surface area contributed by atoms with Crippen LogP contribution in [0.5, 0.6) is 0 Å². The molecular formula is C22H33IN6O.